The van der Waals surface area contributed by atoms with Crippen molar-refractivity contribution in [3.05, 3.63) is 70.4 Å². The Balaban J connectivity index is 1.51. The van der Waals surface area contributed by atoms with Crippen molar-refractivity contribution < 1.29 is 14.5 Å². The molecule has 0 saturated heterocycles. The molecule has 1 aromatic heterocycles. The molecule has 0 aliphatic heterocycles. The van der Waals surface area contributed by atoms with Gasteiger partial charge in [-0.05, 0) is 29.8 Å². The lowest BCUT2D eigenvalue weighted by atomic mass is 10.2. The second-order valence-corrected chi connectivity index (χ2v) is 6.07. The molecule has 0 amide bonds. The number of nitro benzene ring substituents is 1. The molecule has 3 rings (SSSR count). The zero-order valence-corrected chi connectivity index (χ0v) is 13.8. The second-order valence-electron chi connectivity index (χ2n) is 5.07. The van der Waals surface area contributed by atoms with Crippen LogP contribution in [0.2, 0.25) is 0 Å². The number of benzene rings is 2. The third kappa shape index (κ3) is 4.51. The number of carbonyl (C=O) groups excluding carboxylic acids is 1. The molecule has 0 fully saturated rings. The summed E-state index contributed by atoms with van der Waals surface area (Å²) < 4.78 is 5.16. The monoisotopic (exact) mass is 355 g/mol. The van der Waals surface area contributed by atoms with Gasteiger partial charge in [0.05, 0.1) is 27.9 Å². The molecule has 0 saturated carbocycles. The number of rotatable bonds is 6. The van der Waals surface area contributed by atoms with Gasteiger partial charge >= 0.3 is 5.97 Å². The van der Waals surface area contributed by atoms with Gasteiger partial charge < -0.3 is 4.74 Å². The van der Waals surface area contributed by atoms with Gasteiger partial charge in [-0.1, -0.05) is 23.9 Å². The summed E-state index contributed by atoms with van der Waals surface area (Å²) in [6.45, 7) is 0.0702. The zero-order chi connectivity index (χ0) is 17.6. The summed E-state index contributed by atoms with van der Waals surface area (Å²) in [7, 11) is 0. The van der Waals surface area contributed by atoms with Crippen LogP contribution in [-0.2, 0) is 16.1 Å². The molecule has 3 aromatic rings. The summed E-state index contributed by atoms with van der Waals surface area (Å²) in [6.07, 6.45) is 1.62. The molecular formula is C17H13N3O4S. The van der Waals surface area contributed by atoms with Gasteiger partial charge in [-0.3, -0.25) is 19.9 Å². The minimum absolute atomic E-state index is 0.000473. The van der Waals surface area contributed by atoms with Crippen LogP contribution in [0, 0.1) is 10.1 Å². The number of para-hydroxylation sites is 2. The van der Waals surface area contributed by atoms with Crippen LogP contribution in [0.1, 0.15) is 5.56 Å². The third-order valence-electron chi connectivity index (χ3n) is 3.31. The van der Waals surface area contributed by atoms with Crippen molar-refractivity contribution in [3.8, 4) is 0 Å². The largest absolute Gasteiger partial charge is 0.460 e. The van der Waals surface area contributed by atoms with Crippen molar-refractivity contribution in [1.82, 2.24) is 9.97 Å². The molecule has 1 heterocycles. The Morgan fingerprint density at radius 1 is 1.12 bits per heavy atom. The van der Waals surface area contributed by atoms with E-state index in [0.717, 1.165) is 11.0 Å². The molecule has 8 heteroatoms. The van der Waals surface area contributed by atoms with Gasteiger partial charge in [0.1, 0.15) is 11.6 Å². The number of hydrogen-bond donors (Lipinski definition) is 0. The Morgan fingerprint density at radius 2 is 1.84 bits per heavy atom. The lowest BCUT2D eigenvalue weighted by molar-refractivity contribution is -0.384. The third-order valence-corrected chi connectivity index (χ3v) is 4.18. The Morgan fingerprint density at radius 3 is 2.56 bits per heavy atom. The fourth-order valence-corrected chi connectivity index (χ4v) is 2.70. The highest BCUT2D eigenvalue weighted by atomic mass is 32.2. The van der Waals surface area contributed by atoms with Crippen molar-refractivity contribution in [2.24, 2.45) is 0 Å². The van der Waals surface area contributed by atoms with Crippen LogP contribution in [0.25, 0.3) is 11.0 Å². The Hall–Kier alpha value is -3.00. The minimum atomic E-state index is -0.475. The number of aromatic nitrogens is 2. The van der Waals surface area contributed by atoms with Crippen LogP contribution in [-0.4, -0.2) is 26.6 Å². The van der Waals surface area contributed by atoms with E-state index in [1.165, 1.54) is 23.9 Å². The fraction of sp³-hybridized carbons (Fsp3) is 0.118. The Kier molecular flexibility index (Phi) is 5.20. The lowest BCUT2D eigenvalue weighted by Gasteiger charge is -2.05. The maximum atomic E-state index is 11.8. The molecule has 0 aliphatic carbocycles. The smallest absolute Gasteiger partial charge is 0.316 e. The van der Waals surface area contributed by atoms with Crippen LogP contribution >= 0.6 is 11.8 Å². The molecule has 0 N–H and O–H groups in total. The van der Waals surface area contributed by atoms with E-state index in [0.29, 0.717) is 10.6 Å². The number of ether oxygens (including phenoxy) is 1. The molecule has 25 heavy (non-hydrogen) atoms. The molecule has 0 aliphatic rings. The molecule has 0 spiro atoms. The van der Waals surface area contributed by atoms with Gasteiger partial charge in [0.15, 0.2) is 0 Å². The van der Waals surface area contributed by atoms with E-state index < -0.39 is 10.9 Å². The average Bonchev–Trinajstić information content (AvgIpc) is 2.65. The predicted molar refractivity (Wildman–Crippen MR) is 93.2 cm³/mol. The molecule has 0 bridgehead atoms. The van der Waals surface area contributed by atoms with Gasteiger partial charge in [0, 0.05) is 12.1 Å². The van der Waals surface area contributed by atoms with Gasteiger partial charge in [-0.2, -0.15) is 0 Å². The molecule has 126 valence electrons. The van der Waals surface area contributed by atoms with Gasteiger partial charge in [0.25, 0.3) is 5.69 Å². The molecule has 0 unspecified atom stereocenters. The molecule has 0 atom stereocenters. The Labute approximate surface area is 147 Å². The second kappa shape index (κ2) is 7.71. The predicted octanol–water partition coefficient (Wildman–Crippen LogP) is 3.37. The highest BCUT2D eigenvalue weighted by Crippen LogP contribution is 2.18. The minimum Gasteiger partial charge on any atom is -0.460 e. The summed E-state index contributed by atoms with van der Waals surface area (Å²) in [5.74, 6) is -0.279. The van der Waals surface area contributed by atoms with Crippen LogP contribution in [0.15, 0.2) is 59.8 Å². The van der Waals surface area contributed by atoms with E-state index in [2.05, 4.69) is 9.97 Å². The number of hydrogen-bond acceptors (Lipinski definition) is 7. The summed E-state index contributed by atoms with van der Waals surface area (Å²) in [4.78, 5) is 30.6. The van der Waals surface area contributed by atoms with Crippen molar-refractivity contribution in [2.45, 2.75) is 11.6 Å². The summed E-state index contributed by atoms with van der Waals surface area (Å²) in [5.41, 5.74) is 2.26. The van der Waals surface area contributed by atoms with Crippen molar-refractivity contribution in [1.29, 1.82) is 0 Å². The first-order valence-electron chi connectivity index (χ1n) is 7.35. The highest BCUT2D eigenvalue weighted by molar-refractivity contribution is 7.99. The molecule has 2 aromatic carbocycles. The number of nitro groups is 1. The lowest BCUT2D eigenvalue weighted by Crippen LogP contribution is -2.07. The summed E-state index contributed by atoms with van der Waals surface area (Å²) >= 11 is 1.25. The first-order valence-corrected chi connectivity index (χ1v) is 8.34. The zero-order valence-electron chi connectivity index (χ0n) is 13.0. The van der Waals surface area contributed by atoms with E-state index in [1.807, 2.05) is 24.3 Å². The topological polar surface area (TPSA) is 95.2 Å². The van der Waals surface area contributed by atoms with Crippen molar-refractivity contribution in [3.63, 3.8) is 0 Å². The first-order chi connectivity index (χ1) is 12.1. The van der Waals surface area contributed by atoms with E-state index in [4.69, 9.17) is 4.74 Å². The maximum Gasteiger partial charge on any atom is 0.316 e. The first kappa shape index (κ1) is 16.8. The average molecular weight is 355 g/mol. The number of nitrogens with zero attached hydrogens (tertiary/aromatic N) is 3. The number of carbonyl (C=O) groups is 1. The quantitative estimate of drug-likeness (QED) is 0.289. The summed E-state index contributed by atoms with van der Waals surface area (Å²) in [6, 6.07) is 13.4. The molecule has 0 radical (unpaired) electrons. The summed E-state index contributed by atoms with van der Waals surface area (Å²) in [5, 5.41) is 11.2. The van der Waals surface area contributed by atoms with E-state index >= 15 is 0 Å². The Bertz CT molecular complexity index is 915. The molecule has 7 nitrogen and oxygen atoms in total. The standard InChI is InChI=1S/C17H13N3O4S/c21-17(24-10-12-5-7-13(8-6-12)20(22)23)11-25-16-9-18-14-3-1-2-4-15(14)19-16/h1-9H,10-11H2. The van der Waals surface area contributed by atoms with Crippen LogP contribution in [0.4, 0.5) is 5.69 Å². The van der Waals surface area contributed by atoms with E-state index in [-0.39, 0.29) is 18.0 Å². The normalized spacial score (nSPS) is 10.6. The fourth-order valence-electron chi connectivity index (χ4n) is 2.06. The van der Waals surface area contributed by atoms with Gasteiger partial charge in [0.2, 0.25) is 0 Å². The highest BCUT2D eigenvalue weighted by Gasteiger charge is 2.08. The van der Waals surface area contributed by atoms with Gasteiger partial charge in [-0.15, -0.1) is 0 Å². The number of esters is 1. The maximum absolute atomic E-state index is 11.8. The van der Waals surface area contributed by atoms with Crippen LogP contribution in [0.3, 0.4) is 0 Å². The number of thioether (sulfide) groups is 1. The van der Waals surface area contributed by atoms with Crippen molar-refractivity contribution in [2.75, 3.05) is 5.75 Å². The van der Waals surface area contributed by atoms with E-state index in [1.54, 1.807) is 18.3 Å². The van der Waals surface area contributed by atoms with Crippen LogP contribution < -0.4 is 0 Å². The number of fused-ring (bicyclic) bond motifs is 1. The van der Waals surface area contributed by atoms with E-state index in [9.17, 15) is 14.9 Å². The van der Waals surface area contributed by atoms with Crippen LogP contribution in [0.5, 0.6) is 0 Å². The SMILES string of the molecule is O=C(CSc1cnc2ccccc2n1)OCc1ccc([N+](=O)[O-])cc1. The van der Waals surface area contributed by atoms with Gasteiger partial charge in [-0.25, -0.2) is 4.98 Å². The number of non-ortho nitro benzene ring substituents is 1. The van der Waals surface area contributed by atoms with Crippen molar-refractivity contribution >= 4 is 34.5 Å². The molecular weight excluding hydrogens is 342 g/mol.